The maximum absolute atomic E-state index is 13.1. The molecule has 5 nitrogen and oxygen atoms in total. The Hall–Kier alpha value is -4.81. The Morgan fingerprint density at radius 3 is 2.13 bits per heavy atom. The predicted octanol–water partition coefficient (Wildman–Crippen LogP) is 6.78. The molecule has 0 fully saturated rings. The summed E-state index contributed by atoms with van der Waals surface area (Å²) in [4.78, 5) is 38.4. The number of carbonyl (C=O) groups is 3. The van der Waals surface area contributed by atoms with E-state index in [9.17, 15) is 18.8 Å². The quantitative estimate of drug-likeness (QED) is 0.197. The molecule has 4 rings (SSSR count). The molecule has 188 valence electrons. The molecule has 0 heterocycles. The molecule has 0 aromatic heterocycles. The van der Waals surface area contributed by atoms with E-state index in [1.54, 1.807) is 97.1 Å². The number of allylic oxidation sites excluding steroid dienone is 1. The number of ketones is 1. The summed E-state index contributed by atoms with van der Waals surface area (Å²) in [5, 5.41) is 5.90. The van der Waals surface area contributed by atoms with Gasteiger partial charge in [0.25, 0.3) is 11.8 Å². The first-order chi connectivity index (χ1) is 18.4. The van der Waals surface area contributed by atoms with Crippen LogP contribution < -0.4 is 10.6 Å². The molecule has 2 N–H and O–H groups in total. The monoisotopic (exact) mass is 524 g/mol. The fraction of sp³-hybridized carbons (Fsp3) is 0. The molecule has 0 aliphatic rings. The van der Waals surface area contributed by atoms with Crippen LogP contribution in [0.15, 0.2) is 115 Å². The van der Waals surface area contributed by atoms with Crippen LogP contribution in [0, 0.1) is 5.82 Å². The predicted molar refractivity (Wildman–Crippen MR) is 148 cm³/mol. The van der Waals surface area contributed by atoms with Crippen molar-refractivity contribution < 1.29 is 18.8 Å². The van der Waals surface area contributed by atoms with Gasteiger partial charge < -0.3 is 10.6 Å². The van der Waals surface area contributed by atoms with E-state index < -0.39 is 11.8 Å². The van der Waals surface area contributed by atoms with Crippen molar-refractivity contribution in [3.05, 3.63) is 148 Å². The summed E-state index contributed by atoms with van der Waals surface area (Å²) in [7, 11) is 0. The van der Waals surface area contributed by atoms with Gasteiger partial charge in [0, 0.05) is 21.8 Å². The Kier molecular flexibility index (Phi) is 8.59. The average Bonchev–Trinajstić information content (AvgIpc) is 2.93. The summed E-state index contributed by atoms with van der Waals surface area (Å²) < 4.78 is 13.0. The van der Waals surface area contributed by atoms with E-state index in [0.717, 1.165) is 0 Å². The SMILES string of the molecule is O=C(Nc1ccc(C(=O)/C=C/c2ccc(F)cc2)cc1)/C(=C/c1cccc(Cl)c1)NC(=O)c1ccccc1. The van der Waals surface area contributed by atoms with Crippen molar-refractivity contribution >= 4 is 47.0 Å². The van der Waals surface area contributed by atoms with Crippen molar-refractivity contribution in [2.24, 2.45) is 0 Å². The summed E-state index contributed by atoms with van der Waals surface area (Å²) in [5.41, 5.74) is 2.58. The molecule has 0 aliphatic carbocycles. The molecule has 4 aromatic rings. The molecule has 0 aliphatic heterocycles. The van der Waals surface area contributed by atoms with E-state index in [1.165, 1.54) is 24.3 Å². The Balaban J connectivity index is 1.49. The number of amides is 2. The van der Waals surface area contributed by atoms with E-state index in [4.69, 9.17) is 11.6 Å². The lowest BCUT2D eigenvalue weighted by Gasteiger charge is -2.12. The van der Waals surface area contributed by atoms with Crippen molar-refractivity contribution in [1.29, 1.82) is 0 Å². The smallest absolute Gasteiger partial charge is 0.272 e. The van der Waals surface area contributed by atoms with Gasteiger partial charge in [0.05, 0.1) is 0 Å². The molecule has 0 spiro atoms. The van der Waals surface area contributed by atoms with Gasteiger partial charge in [-0.2, -0.15) is 0 Å². The third-order valence-corrected chi connectivity index (χ3v) is 5.65. The second kappa shape index (κ2) is 12.4. The Morgan fingerprint density at radius 1 is 0.737 bits per heavy atom. The van der Waals surface area contributed by atoms with Gasteiger partial charge in [-0.05, 0) is 83.9 Å². The Labute approximate surface area is 224 Å². The van der Waals surface area contributed by atoms with Crippen molar-refractivity contribution in [2.75, 3.05) is 5.32 Å². The van der Waals surface area contributed by atoms with Crippen LogP contribution in [0.4, 0.5) is 10.1 Å². The molecule has 4 aromatic carbocycles. The lowest BCUT2D eigenvalue weighted by Crippen LogP contribution is -2.30. The molecule has 0 unspecified atom stereocenters. The fourth-order valence-electron chi connectivity index (χ4n) is 3.46. The van der Waals surface area contributed by atoms with Gasteiger partial charge in [-0.15, -0.1) is 0 Å². The molecule has 7 heteroatoms. The molecular weight excluding hydrogens is 503 g/mol. The highest BCUT2D eigenvalue weighted by Gasteiger charge is 2.15. The molecule has 0 saturated carbocycles. The van der Waals surface area contributed by atoms with Crippen LogP contribution in [0.1, 0.15) is 31.8 Å². The van der Waals surface area contributed by atoms with Gasteiger partial charge in [-0.1, -0.05) is 60.1 Å². The minimum Gasteiger partial charge on any atom is -0.321 e. The summed E-state index contributed by atoms with van der Waals surface area (Å²) in [6.45, 7) is 0. The molecule has 0 saturated heterocycles. The normalized spacial score (nSPS) is 11.3. The van der Waals surface area contributed by atoms with Crippen LogP contribution in [0.3, 0.4) is 0 Å². The minimum absolute atomic E-state index is 0.0171. The zero-order valence-electron chi connectivity index (χ0n) is 20.0. The van der Waals surface area contributed by atoms with Gasteiger partial charge in [0.15, 0.2) is 5.78 Å². The maximum atomic E-state index is 13.1. The molecule has 0 bridgehead atoms. The zero-order chi connectivity index (χ0) is 26.9. The number of hydrogen-bond donors (Lipinski definition) is 2. The Bertz CT molecular complexity index is 1510. The first-order valence-electron chi connectivity index (χ1n) is 11.6. The van der Waals surface area contributed by atoms with Crippen LogP contribution in [-0.2, 0) is 4.79 Å². The number of carbonyl (C=O) groups excluding carboxylic acids is 3. The number of hydrogen-bond acceptors (Lipinski definition) is 3. The standard InChI is InChI=1S/C31H22ClFN2O3/c32-25-8-4-5-22(19-25)20-28(35-30(37)24-6-2-1-3-7-24)31(38)34-27-16-12-23(13-17-27)29(36)18-11-21-9-14-26(33)15-10-21/h1-20H,(H,34,38)(H,35,37)/b18-11+,28-20-. The van der Waals surface area contributed by atoms with Crippen LogP contribution >= 0.6 is 11.6 Å². The summed E-state index contributed by atoms with van der Waals surface area (Å²) in [6, 6.07) is 27.5. The third-order valence-electron chi connectivity index (χ3n) is 5.41. The van der Waals surface area contributed by atoms with Gasteiger partial charge in [0.2, 0.25) is 0 Å². The van der Waals surface area contributed by atoms with Crippen LogP contribution in [-0.4, -0.2) is 17.6 Å². The molecule has 2 amide bonds. The second-order valence-corrected chi connectivity index (χ2v) is 8.65. The largest absolute Gasteiger partial charge is 0.321 e. The van der Waals surface area contributed by atoms with E-state index in [0.29, 0.717) is 33.0 Å². The fourth-order valence-corrected chi connectivity index (χ4v) is 3.66. The van der Waals surface area contributed by atoms with E-state index in [2.05, 4.69) is 10.6 Å². The summed E-state index contributed by atoms with van der Waals surface area (Å²) in [5.74, 6) is -1.59. The lowest BCUT2D eigenvalue weighted by molar-refractivity contribution is -0.113. The van der Waals surface area contributed by atoms with Crippen molar-refractivity contribution in [1.82, 2.24) is 5.32 Å². The number of nitrogens with one attached hydrogen (secondary N) is 2. The molecular formula is C31H22ClFN2O3. The first-order valence-corrected chi connectivity index (χ1v) is 12.0. The van der Waals surface area contributed by atoms with Crippen LogP contribution in [0.2, 0.25) is 5.02 Å². The second-order valence-electron chi connectivity index (χ2n) is 8.21. The number of anilines is 1. The number of benzene rings is 4. The van der Waals surface area contributed by atoms with Crippen molar-refractivity contribution in [2.45, 2.75) is 0 Å². The van der Waals surface area contributed by atoms with Gasteiger partial charge in [0.1, 0.15) is 11.5 Å². The van der Waals surface area contributed by atoms with Crippen LogP contribution in [0.5, 0.6) is 0 Å². The Morgan fingerprint density at radius 2 is 1.45 bits per heavy atom. The number of rotatable bonds is 8. The topological polar surface area (TPSA) is 75.3 Å². The van der Waals surface area contributed by atoms with Gasteiger partial charge >= 0.3 is 0 Å². The zero-order valence-corrected chi connectivity index (χ0v) is 20.8. The third kappa shape index (κ3) is 7.35. The summed E-state index contributed by atoms with van der Waals surface area (Å²) >= 11 is 6.08. The highest BCUT2D eigenvalue weighted by Crippen LogP contribution is 2.16. The van der Waals surface area contributed by atoms with Crippen molar-refractivity contribution in [3.8, 4) is 0 Å². The highest BCUT2D eigenvalue weighted by molar-refractivity contribution is 6.30. The van der Waals surface area contributed by atoms with E-state index in [-0.39, 0.29) is 17.3 Å². The van der Waals surface area contributed by atoms with Crippen molar-refractivity contribution in [3.63, 3.8) is 0 Å². The molecule has 0 atom stereocenters. The van der Waals surface area contributed by atoms with Crippen LogP contribution in [0.25, 0.3) is 12.2 Å². The minimum atomic E-state index is -0.551. The van der Waals surface area contributed by atoms with Gasteiger partial charge in [-0.25, -0.2) is 4.39 Å². The molecule has 0 radical (unpaired) electrons. The number of halogens is 2. The first kappa shape index (κ1) is 26.3. The maximum Gasteiger partial charge on any atom is 0.272 e. The lowest BCUT2D eigenvalue weighted by atomic mass is 10.1. The van der Waals surface area contributed by atoms with E-state index in [1.807, 2.05) is 0 Å². The van der Waals surface area contributed by atoms with E-state index >= 15 is 0 Å². The van der Waals surface area contributed by atoms with Gasteiger partial charge in [-0.3, -0.25) is 14.4 Å². The molecule has 38 heavy (non-hydrogen) atoms. The highest BCUT2D eigenvalue weighted by atomic mass is 35.5. The average molecular weight is 525 g/mol. The summed E-state index contributed by atoms with van der Waals surface area (Å²) in [6.07, 6.45) is 4.52.